The van der Waals surface area contributed by atoms with Gasteiger partial charge in [-0.2, -0.15) is 13.2 Å². The normalized spacial score (nSPS) is 11.3. The molecule has 0 aliphatic carbocycles. The van der Waals surface area contributed by atoms with Gasteiger partial charge in [-0.15, -0.1) is 0 Å². The Bertz CT molecular complexity index is 1380. The van der Waals surface area contributed by atoms with E-state index >= 15 is 0 Å². The topological polar surface area (TPSA) is 54.0 Å². The number of nitrogens with one attached hydrogen (secondary N) is 2. The Hall–Kier alpha value is -4.13. The zero-order chi connectivity index (χ0) is 24.3. The molecular formula is C27H22F3N3O. The van der Waals surface area contributed by atoms with E-state index in [9.17, 15) is 18.0 Å². The Labute approximate surface area is 195 Å². The molecule has 0 radical (unpaired) electrons. The van der Waals surface area contributed by atoms with Crippen LogP contribution in [0.4, 0.5) is 18.9 Å². The quantitative estimate of drug-likeness (QED) is 0.355. The lowest BCUT2D eigenvalue weighted by molar-refractivity contribution is -0.137. The molecule has 0 fully saturated rings. The van der Waals surface area contributed by atoms with Crippen molar-refractivity contribution >= 4 is 28.1 Å². The molecule has 0 unspecified atom stereocenters. The Morgan fingerprint density at radius 3 is 2.50 bits per heavy atom. The Morgan fingerprint density at radius 2 is 1.74 bits per heavy atom. The van der Waals surface area contributed by atoms with Crippen LogP contribution in [0.15, 0.2) is 85.6 Å². The van der Waals surface area contributed by atoms with Gasteiger partial charge in [0.25, 0.3) is 5.91 Å². The number of alkyl halides is 3. The zero-order valence-electron chi connectivity index (χ0n) is 18.4. The van der Waals surface area contributed by atoms with Crippen LogP contribution in [0.1, 0.15) is 32.7 Å². The fraction of sp³-hybridized carbons (Fsp3) is 0.111. The van der Waals surface area contributed by atoms with Crippen molar-refractivity contribution < 1.29 is 18.0 Å². The van der Waals surface area contributed by atoms with Gasteiger partial charge in [0.1, 0.15) is 5.69 Å². The summed E-state index contributed by atoms with van der Waals surface area (Å²) in [6.45, 7) is 3.94. The van der Waals surface area contributed by atoms with Gasteiger partial charge in [0.05, 0.1) is 5.56 Å². The minimum Gasteiger partial charge on any atom is -0.355 e. The molecule has 4 nitrogen and oxygen atoms in total. The minimum atomic E-state index is -4.41. The van der Waals surface area contributed by atoms with E-state index in [1.54, 1.807) is 25.4 Å². The molecule has 1 aromatic heterocycles. The molecule has 172 valence electrons. The van der Waals surface area contributed by atoms with Crippen LogP contribution in [-0.2, 0) is 12.6 Å². The van der Waals surface area contributed by atoms with Crippen LogP contribution in [0, 0.1) is 0 Å². The first-order valence-corrected chi connectivity index (χ1v) is 10.6. The minimum absolute atomic E-state index is 0.239. The third kappa shape index (κ3) is 5.09. The van der Waals surface area contributed by atoms with Crippen LogP contribution in [0.3, 0.4) is 0 Å². The fourth-order valence-electron chi connectivity index (χ4n) is 3.74. The largest absolute Gasteiger partial charge is 0.416 e. The number of halogens is 3. The van der Waals surface area contributed by atoms with Gasteiger partial charge in [0.2, 0.25) is 0 Å². The van der Waals surface area contributed by atoms with Crippen LogP contribution in [0.2, 0.25) is 0 Å². The highest BCUT2D eigenvalue weighted by atomic mass is 19.4. The van der Waals surface area contributed by atoms with Gasteiger partial charge in [-0.25, -0.2) is 0 Å². The molecule has 0 aliphatic rings. The number of aromatic nitrogens is 1. The molecule has 1 heterocycles. The molecule has 0 atom stereocenters. The summed E-state index contributed by atoms with van der Waals surface area (Å²) in [5.41, 5.74) is 3.15. The second-order valence-corrected chi connectivity index (χ2v) is 7.85. The highest BCUT2D eigenvalue weighted by Crippen LogP contribution is 2.32. The molecular weight excluding hydrogens is 439 g/mol. The highest BCUT2D eigenvalue weighted by molar-refractivity contribution is 5.97. The number of rotatable bonds is 6. The van der Waals surface area contributed by atoms with Crippen LogP contribution < -0.4 is 10.6 Å². The molecule has 7 heteroatoms. The first-order chi connectivity index (χ1) is 16.2. The summed E-state index contributed by atoms with van der Waals surface area (Å²) in [5, 5.41) is 7.62. The van der Waals surface area contributed by atoms with E-state index in [0.717, 1.165) is 39.7 Å². The predicted octanol–water partition coefficient (Wildman–Crippen LogP) is 6.29. The summed E-state index contributed by atoms with van der Waals surface area (Å²) in [6.07, 6.45) is -2.18. The Kier molecular flexibility index (Phi) is 6.36. The summed E-state index contributed by atoms with van der Waals surface area (Å²) in [4.78, 5) is 15.9. The van der Waals surface area contributed by atoms with E-state index in [-0.39, 0.29) is 5.91 Å². The monoisotopic (exact) mass is 461 g/mol. The molecule has 4 aromatic rings. The van der Waals surface area contributed by atoms with E-state index in [0.29, 0.717) is 23.4 Å². The molecule has 3 aromatic carbocycles. The predicted molar refractivity (Wildman–Crippen MR) is 128 cm³/mol. The maximum absolute atomic E-state index is 13.1. The third-order valence-corrected chi connectivity index (χ3v) is 5.46. The number of carbonyl (C=O) groups is 1. The van der Waals surface area contributed by atoms with Crippen molar-refractivity contribution in [2.24, 2.45) is 0 Å². The first kappa shape index (κ1) is 23.0. The van der Waals surface area contributed by atoms with E-state index in [1.165, 1.54) is 6.07 Å². The molecule has 1 amide bonds. The number of nitrogens with zero attached hydrogens (tertiary/aromatic N) is 1. The number of pyridine rings is 1. The highest BCUT2D eigenvalue weighted by Gasteiger charge is 2.30. The number of benzene rings is 3. The lowest BCUT2D eigenvalue weighted by atomic mass is 10.00. The van der Waals surface area contributed by atoms with E-state index in [4.69, 9.17) is 0 Å². The second-order valence-electron chi connectivity index (χ2n) is 7.85. The third-order valence-electron chi connectivity index (χ3n) is 5.46. The molecule has 4 rings (SSSR count). The SMILES string of the molecule is C=C(Nc1cccc2cc(Cc3ccnc(C(=O)NC)c3)ccc12)c1cccc(C(F)(F)F)c1. The molecule has 0 spiro atoms. The summed E-state index contributed by atoms with van der Waals surface area (Å²) >= 11 is 0. The van der Waals surface area contributed by atoms with Crippen molar-refractivity contribution in [2.45, 2.75) is 12.6 Å². The molecule has 0 saturated carbocycles. The molecule has 0 aliphatic heterocycles. The lowest BCUT2D eigenvalue weighted by Crippen LogP contribution is -2.19. The molecule has 0 bridgehead atoms. The number of hydrogen-bond donors (Lipinski definition) is 2. The lowest BCUT2D eigenvalue weighted by Gasteiger charge is -2.15. The van der Waals surface area contributed by atoms with Crippen LogP contribution in [-0.4, -0.2) is 17.9 Å². The van der Waals surface area contributed by atoms with Gasteiger partial charge >= 0.3 is 6.18 Å². The number of fused-ring (bicyclic) bond motifs is 1. The smallest absolute Gasteiger partial charge is 0.355 e. The zero-order valence-corrected chi connectivity index (χ0v) is 18.4. The van der Waals surface area contributed by atoms with Gasteiger partial charge in [0.15, 0.2) is 0 Å². The maximum Gasteiger partial charge on any atom is 0.416 e. The molecule has 2 N–H and O–H groups in total. The average molecular weight is 461 g/mol. The van der Waals surface area contributed by atoms with Crippen molar-refractivity contribution in [2.75, 3.05) is 12.4 Å². The number of amides is 1. The van der Waals surface area contributed by atoms with E-state index < -0.39 is 11.7 Å². The Balaban J connectivity index is 1.57. The van der Waals surface area contributed by atoms with E-state index in [1.807, 2.05) is 42.5 Å². The van der Waals surface area contributed by atoms with E-state index in [2.05, 4.69) is 22.2 Å². The van der Waals surface area contributed by atoms with Crippen LogP contribution in [0.25, 0.3) is 16.5 Å². The number of carbonyl (C=O) groups excluding carboxylic acids is 1. The summed E-state index contributed by atoms with van der Waals surface area (Å²) in [6, 6.07) is 20.4. The summed E-state index contributed by atoms with van der Waals surface area (Å²) < 4.78 is 39.2. The van der Waals surface area contributed by atoms with Crippen LogP contribution in [0.5, 0.6) is 0 Å². The fourth-order valence-corrected chi connectivity index (χ4v) is 3.74. The van der Waals surface area contributed by atoms with Crippen molar-refractivity contribution in [3.05, 3.63) is 114 Å². The number of anilines is 1. The van der Waals surface area contributed by atoms with Gasteiger partial charge in [0, 0.05) is 30.0 Å². The molecule has 0 saturated heterocycles. The number of hydrogen-bond acceptors (Lipinski definition) is 3. The van der Waals surface area contributed by atoms with Crippen LogP contribution >= 0.6 is 0 Å². The average Bonchev–Trinajstić information content (AvgIpc) is 2.83. The summed E-state index contributed by atoms with van der Waals surface area (Å²) in [7, 11) is 1.56. The maximum atomic E-state index is 13.1. The standard InChI is InChI=1S/C27H22F3N3O/c1-17(20-5-3-7-22(16-20)27(28,29)30)33-24-8-4-6-21-14-18(9-10-23(21)24)13-19-11-12-32-25(15-19)26(34)31-2/h3-12,14-16,33H,1,13H2,2H3,(H,31,34). The second kappa shape index (κ2) is 9.39. The van der Waals surface area contributed by atoms with Crippen molar-refractivity contribution in [3.63, 3.8) is 0 Å². The molecule has 34 heavy (non-hydrogen) atoms. The van der Waals surface area contributed by atoms with Gasteiger partial charge in [-0.1, -0.05) is 49.0 Å². The Morgan fingerprint density at radius 1 is 0.971 bits per heavy atom. The first-order valence-electron chi connectivity index (χ1n) is 10.6. The summed E-state index contributed by atoms with van der Waals surface area (Å²) in [5.74, 6) is -0.239. The van der Waals surface area contributed by atoms with Gasteiger partial charge in [-0.05, 0) is 58.8 Å². The van der Waals surface area contributed by atoms with Gasteiger partial charge in [-0.3, -0.25) is 9.78 Å². The van der Waals surface area contributed by atoms with Crippen molar-refractivity contribution in [1.82, 2.24) is 10.3 Å². The van der Waals surface area contributed by atoms with Gasteiger partial charge < -0.3 is 10.6 Å². The van der Waals surface area contributed by atoms with Crippen molar-refractivity contribution in [1.29, 1.82) is 0 Å². The van der Waals surface area contributed by atoms with Crippen molar-refractivity contribution in [3.8, 4) is 0 Å².